The minimum absolute atomic E-state index is 0.405. The van der Waals surface area contributed by atoms with E-state index < -0.39 is 0 Å². The number of quaternary nitrogens is 1. The summed E-state index contributed by atoms with van der Waals surface area (Å²) in [6, 6.07) is 13.4. The first-order chi connectivity index (χ1) is 11.0. The minimum Gasteiger partial charge on any atom is -0.358 e. The lowest BCUT2D eigenvalue weighted by molar-refractivity contribution is -0.369. The van der Waals surface area contributed by atoms with E-state index in [1.54, 1.807) is 5.56 Å². The zero-order chi connectivity index (χ0) is 16.4. The number of aromatic nitrogens is 1. The van der Waals surface area contributed by atoms with Crippen molar-refractivity contribution in [3.8, 4) is 0 Å². The number of nitrogens with zero attached hydrogens (tertiary/aromatic N) is 1. The summed E-state index contributed by atoms with van der Waals surface area (Å²) >= 11 is 0. The Balaban J connectivity index is 1.99. The molecule has 0 saturated heterocycles. The summed E-state index contributed by atoms with van der Waals surface area (Å²) in [5.41, 5.74) is 8.90. The van der Waals surface area contributed by atoms with Crippen LogP contribution in [0, 0.1) is 18.3 Å². The Labute approximate surface area is 138 Å². The van der Waals surface area contributed by atoms with Crippen molar-refractivity contribution in [2.45, 2.75) is 33.1 Å². The van der Waals surface area contributed by atoms with Crippen molar-refractivity contribution >= 4 is 21.7 Å². The maximum Gasteiger partial charge on any atom is 0.0742 e. The van der Waals surface area contributed by atoms with E-state index in [2.05, 4.69) is 74.5 Å². The van der Waals surface area contributed by atoms with Crippen LogP contribution in [0.2, 0.25) is 0 Å². The highest BCUT2D eigenvalue weighted by Crippen LogP contribution is 2.67. The number of fused-ring (bicyclic) bond motifs is 3. The molecule has 3 aromatic rings. The topological polar surface area (TPSA) is 32.6 Å². The van der Waals surface area contributed by atoms with Crippen LogP contribution in [0.15, 0.2) is 36.4 Å². The van der Waals surface area contributed by atoms with E-state index in [9.17, 15) is 0 Å². The predicted octanol–water partition coefficient (Wildman–Crippen LogP) is 4.01. The van der Waals surface area contributed by atoms with Crippen molar-refractivity contribution < 1.29 is 5.73 Å². The molecule has 2 heteroatoms. The summed E-state index contributed by atoms with van der Waals surface area (Å²) in [6.07, 6.45) is 1.24. The highest BCUT2D eigenvalue weighted by atomic mass is 15.0. The van der Waals surface area contributed by atoms with Crippen molar-refractivity contribution in [1.82, 2.24) is 4.57 Å². The molecule has 0 amide bonds. The van der Waals surface area contributed by atoms with Crippen LogP contribution in [0.25, 0.3) is 21.7 Å². The van der Waals surface area contributed by atoms with Gasteiger partial charge in [-0.1, -0.05) is 50.2 Å². The Kier molecular flexibility index (Phi) is 3.11. The molecule has 2 aromatic carbocycles. The average molecular weight is 307 g/mol. The highest BCUT2D eigenvalue weighted by Gasteiger charge is 2.58. The van der Waals surface area contributed by atoms with E-state index in [4.69, 9.17) is 0 Å². The molecule has 120 valence electrons. The molecule has 23 heavy (non-hydrogen) atoms. The van der Waals surface area contributed by atoms with Gasteiger partial charge in [0.1, 0.15) is 0 Å². The van der Waals surface area contributed by atoms with Crippen molar-refractivity contribution in [3.05, 3.63) is 47.7 Å². The van der Waals surface area contributed by atoms with E-state index in [-0.39, 0.29) is 0 Å². The van der Waals surface area contributed by atoms with E-state index in [1.165, 1.54) is 33.8 Å². The number of benzene rings is 2. The fraction of sp³-hybridized carbons (Fsp3) is 0.429. The van der Waals surface area contributed by atoms with Crippen molar-refractivity contribution in [2.24, 2.45) is 18.4 Å². The minimum atomic E-state index is 0.405. The predicted molar refractivity (Wildman–Crippen MR) is 97.5 cm³/mol. The Morgan fingerprint density at radius 3 is 2.57 bits per heavy atom. The third-order valence-corrected chi connectivity index (χ3v) is 6.30. The highest BCUT2D eigenvalue weighted by molar-refractivity contribution is 6.07. The quantitative estimate of drug-likeness (QED) is 0.758. The normalized spacial score (nSPS) is 22.8. The Bertz CT molecular complexity index is 901. The van der Waals surface area contributed by atoms with Crippen molar-refractivity contribution in [3.63, 3.8) is 0 Å². The molecule has 1 saturated carbocycles. The van der Waals surface area contributed by atoms with Gasteiger partial charge in [0.15, 0.2) is 0 Å². The van der Waals surface area contributed by atoms with Crippen LogP contribution in [0.1, 0.15) is 37.4 Å². The van der Waals surface area contributed by atoms with Crippen LogP contribution in [0.4, 0.5) is 0 Å². The number of aryl methyl sites for hydroxylation is 1. The molecule has 3 N–H and O–H groups in total. The maximum absolute atomic E-state index is 4.09. The van der Waals surface area contributed by atoms with E-state index >= 15 is 0 Å². The zero-order valence-corrected chi connectivity index (χ0v) is 14.7. The second-order valence-electron chi connectivity index (χ2n) is 7.79. The summed E-state index contributed by atoms with van der Waals surface area (Å²) in [4.78, 5) is 0. The Hall–Kier alpha value is -1.80. The lowest BCUT2D eigenvalue weighted by Crippen LogP contribution is -2.50. The van der Waals surface area contributed by atoms with Crippen molar-refractivity contribution in [1.29, 1.82) is 0 Å². The summed E-state index contributed by atoms with van der Waals surface area (Å²) in [5.74, 6) is 1.45. The average Bonchev–Trinajstić information content (AvgIpc) is 2.96. The van der Waals surface area contributed by atoms with E-state index in [0.29, 0.717) is 11.3 Å². The van der Waals surface area contributed by atoms with E-state index in [1.807, 2.05) is 0 Å². The molecule has 1 fully saturated rings. The molecule has 2 atom stereocenters. The Morgan fingerprint density at radius 1 is 1.09 bits per heavy atom. The summed E-state index contributed by atoms with van der Waals surface area (Å²) in [6.45, 7) is 8.19. The van der Waals surface area contributed by atoms with Gasteiger partial charge in [-0.05, 0) is 35.1 Å². The lowest BCUT2D eigenvalue weighted by atomic mass is 9.98. The maximum atomic E-state index is 4.09. The lowest BCUT2D eigenvalue weighted by Gasteiger charge is -2.04. The molecular weight excluding hydrogens is 280 g/mol. The molecule has 1 aliphatic rings. The van der Waals surface area contributed by atoms with Gasteiger partial charge in [-0.2, -0.15) is 0 Å². The van der Waals surface area contributed by atoms with E-state index in [0.717, 1.165) is 12.5 Å². The summed E-state index contributed by atoms with van der Waals surface area (Å²) < 4.78 is 2.41. The number of hydrogen-bond donors (Lipinski definition) is 1. The fourth-order valence-corrected chi connectivity index (χ4v) is 4.85. The SMILES string of the molecule is Cc1c([C@@H]2[C@H](CC[NH3+])C2(C)C)c2ccc3ccccc3c2n1C. The molecule has 1 aliphatic carbocycles. The van der Waals surface area contributed by atoms with Gasteiger partial charge in [0, 0.05) is 29.9 Å². The van der Waals surface area contributed by atoms with Gasteiger partial charge in [0.25, 0.3) is 0 Å². The molecule has 2 nitrogen and oxygen atoms in total. The molecule has 0 spiro atoms. The van der Waals surface area contributed by atoms with Gasteiger partial charge < -0.3 is 10.3 Å². The zero-order valence-electron chi connectivity index (χ0n) is 14.7. The second kappa shape index (κ2) is 4.85. The van der Waals surface area contributed by atoms with Crippen molar-refractivity contribution in [2.75, 3.05) is 6.54 Å². The molecule has 4 rings (SSSR count). The van der Waals surface area contributed by atoms with Crippen LogP contribution in [0.5, 0.6) is 0 Å². The van der Waals surface area contributed by atoms with Gasteiger partial charge in [-0.25, -0.2) is 0 Å². The first kappa shape index (κ1) is 14.8. The molecule has 1 heterocycles. The third kappa shape index (κ3) is 1.91. The molecule has 0 unspecified atom stereocenters. The monoisotopic (exact) mass is 307 g/mol. The number of rotatable bonds is 3. The third-order valence-electron chi connectivity index (χ3n) is 6.30. The summed E-state index contributed by atoms with van der Waals surface area (Å²) in [7, 11) is 2.22. The smallest absolute Gasteiger partial charge is 0.0742 e. The van der Waals surface area contributed by atoms with Crippen LogP contribution in [-0.4, -0.2) is 11.1 Å². The van der Waals surface area contributed by atoms with Gasteiger partial charge in [0.2, 0.25) is 0 Å². The standard InChI is InChI=1S/C21H26N2/c1-13-18(19-17(11-12-22)21(19,2)3)16-10-9-14-7-5-6-8-15(14)20(16)23(13)4/h5-10,17,19H,11-12,22H2,1-4H3/p+1/t17-,19-/m0/s1. The largest absolute Gasteiger partial charge is 0.358 e. The molecule has 0 bridgehead atoms. The van der Waals surface area contributed by atoms with Crippen LogP contribution in [-0.2, 0) is 7.05 Å². The van der Waals surface area contributed by atoms with Gasteiger partial charge in [0.05, 0.1) is 12.1 Å². The van der Waals surface area contributed by atoms with Crippen LogP contribution in [0.3, 0.4) is 0 Å². The molecule has 1 aromatic heterocycles. The first-order valence-corrected chi connectivity index (χ1v) is 8.74. The van der Waals surface area contributed by atoms with Gasteiger partial charge in [-0.3, -0.25) is 0 Å². The molecule has 0 radical (unpaired) electrons. The van der Waals surface area contributed by atoms with Gasteiger partial charge >= 0.3 is 0 Å². The Morgan fingerprint density at radius 2 is 1.83 bits per heavy atom. The second-order valence-corrected chi connectivity index (χ2v) is 7.79. The van der Waals surface area contributed by atoms with Gasteiger partial charge in [-0.15, -0.1) is 0 Å². The molecular formula is C21H27N2+. The van der Waals surface area contributed by atoms with Crippen LogP contribution >= 0.6 is 0 Å². The van der Waals surface area contributed by atoms with Crippen LogP contribution < -0.4 is 5.73 Å². The molecule has 0 aliphatic heterocycles. The number of hydrogen-bond acceptors (Lipinski definition) is 0. The summed E-state index contributed by atoms with van der Waals surface area (Å²) in [5, 5.41) is 4.15. The fourth-order valence-electron chi connectivity index (χ4n) is 4.85. The first-order valence-electron chi connectivity index (χ1n) is 8.74.